The summed E-state index contributed by atoms with van der Waals surface area (Å²) in [5.41, 5.74) is 2.52. The number of benzene rings is 3. The lowest BCUT2D eigenvalue weighted by molar-refractivity contribution is -0.141. The Hall–Kier alpha value is -3.61. The van der Waals surface area contributed by atoms with Crippen LogP contribution in [-0.2, 0) is 14.3 Å². The van der Waals surface area contributed by atoms with Crippen LogP contribution < -0.4 is 4.74 Å². The molecule has 3 aromatic rings. The fourth-order valence-corrected chi connectivity index (χ4v) is 5.16. The van der Waals surface area contributed by atoms with E-state index in [2.05, 4.69) is 0 Å². The van der Waals surface area contributed by atoms with E-state index in [-0.39, 0.29) is 36.9 Å². The number of halogens is 1. The van der Waals surface area contributed by atoms with Crippen molar-refractivity contribution in [2.45, 2.75) is 31.2 Å². The first-order valence-corrected chi connectivity index (χ1v) is 12.6. The van der Waals surface area contributed by atoms with Crippen molar-refractivity contribution in [3.8, 4) is 16.9 Å². The lowest BCUT2D eigenvalue weighted by Crippen LogP contribution is -2.25. The van der Waals surface area contributed by atoms with Crippen LogP contribution in [0.1, 0.15) is 23.2 Å². The Morgan fingerprint density at radius 2 is 1.81 bits per heavy atom. The third kappa shape index (κ3) is 6.04. The molecule has 190 valence electrons. The molecule has 0 radical (unpaired) electrons. The Balaban J connectivity index is 1.24. The number of esters is 2. The van der Waals surface area contributed by atoms with Crippen LogP contribution in [0.5, 0.6) is 5.75 Å². The van der Waals surface area contributed by atoms with E-state index in [9.17, 15) is 14.7 Å². The molecular weight excluding hydrogens is 492 g/mol. The van der Waals surface area contributed by atoms with E-state index in [1.807, 2.05) is 48.5 Å². The fraction of sp³-hybridized carbons (Fsp3) is 0.267. The van der Waals surface area contributed by atoms with Gasteiger partial charge in [0.2, 0.25) is 0 Å². The molecule has 0 aromatic heterocycles. The van der Waals surface area contributed by atoms with Crippen molar-refractivity contribution >= 4 is 23.5 Å². The molecule has 1 heterocycles. The summed E-state index contributed by atoms with van der Waals surface area (Å²) in [6, 6.07) is 24.1. The minimum atomic E-state index is -0.891. The van der Waals surface area contributed by atoms with Crippen molar-refractivity contribution in [3.63, 3.8) is 0 Å². The molecule has 1 aliphatic heterocycles. The first-order valence-electron chi connectivity index (χ1n) is 12.3. The van der Waals surface area contributed by atoms with Gasteiger partial charge in [-0.05, 0) is 41.5 Å². The summed E-state index contributed by atoms with van der Waals surface area (Å²) in [4.78, 5) is 24.9. The van der Waals surface area contributed by atoms with Crippen LogP contribution in [0.4, 0.5) is 0 Å². The van der Waals surface area contributed by atoms with Crippen molar-refractivity contribution in [1.82, 2.24) is 0 Å². The van der Waals surface area contributed by atoms with Crippen LogP contribution in [0.15, 0.2) is 91.0 Å². The second kappa shape index (κ2) is 11.2. The Morgan fingerprint density at radius 3 is 2.57 bits per heavy atom. The summed E-state index contributed by atoms with van der Waals surface area (Å²) in [5, 5.41) is 11.0. The Labute approximate surface area is 220 Å². The largest absolute Gasteiger partial charge is 0.491 e. The lowest BCUT2D eigenvalue weighted by Gasteiger charge is -2.20. The second-order valence-electron chi connectivity index (χ2n) is 9.32. The quantitative estimate of drug-likeness (QED) is 0.314. The van der Waals surface area contributed by atoms with Gasteiger partial charge in [-0.15, -0.1) is 0 Å². The molecule has 1 aliphatic carbocycles. The molecule has 0 spiro atoms. The molecule has 3 aromatic carbocycles. The number of carbonyl (C=O) groups excluding carboxylic acids is 2. The molecule has 1 saturated heterocycles. The third-order valence-corrected chi connectivity index (χ3v) is 7.04. The van der Waals surface area contributed by atoms with Crippen LogP contribution in [0.25, 0.3) is 11.1 Å². The molecule has 5 atom stereocenters. The maximum atomic E-state index is 13.0. The van der Waals surface area contributed by atoms with E-state index in [0.717, 1.165) is 11.1 Å². The predicted octanol–water partition coefficient (Wildman–Crippen LogP) is 5.48. The molecule has 2 aliphatic rings. The molecule has 6 nitrogen and oxygen atoms in total. The topological polar surface area (TPSA) is 82.1 Å². The van der Waals surface area contributed by atoms with E-state index < -0.39 is 18.2 Å². The highest BCUT2D eigenvalue weighted by atomic mass is 35.5. The van der Waals surface area contributed by atoms with E-state index in [1.54, 1.807) is 42.5 Å². The molecular formula is C30H27ClO6. The van der Waals surface area contributed by atoms with Crippen molar-refractivity contribution in [3.05, 3.63) is 102 Å². The van der Waals surface area contributed by atoms with E-state index in [4.69, 9.17) is 25.8 Å². The first-order chi connectivity index (χ1) is 18.0. The predicted molar refractivity (Wildman–Crippen MR) is 139 cm³/mol. The zero-order valence-corrected chi connectivity index (χ0v) is 20.8. The van der Waals surface area contributed by atoms with Gasteiger partial charge in [-0.2, -0.15) is 0 Å². The van der Waals surface area contributed by atoms with Gasteiger partial charge in [0.15, 0.2) is 0 Å². The second-order valence-corrected chi connectivity index (χ2v) is 9.75. The van der Waals surface area contributed by atoms with Crippen molar-refractivity contribution in [2.24, 2.45) is 11.8 Å². The van der Waals surface area contributed by atoms with Gasteiger partial charge < -0.3 is 19.3 Å². The number of fused-ring (bicyclic) bond motifs is 1. The number of aliphatic hydroxyl groups is 1. The SMILES string of the molecule is O=C1CC2C(CC(OC(=O)c3ccc(-c4ccccc4)cc3)C2/C=C/C(O)COc2cccc(Cl)c2)O1. The zero-order chi connectivity index (χ0) is 25.8. The molecule has 0 bridgehead atoms. The van der Waals surface area contributed by atoms with Crippen LogP contribution in [0.2, 0.25) is 5.02 Å². The van der Waals surface area contributed by atoms with Crippen LogP contribution in [-0.4, -0.2) is 42.0 Å². The molecule has 7 heteroatoms. The number of rotatable bonds is 8. The highest BCUT2D eigenvalue weighted by Crippen LogP contribution is 2.43. The molecule has 0 amide bonds. The zero-order valence-electron chi connectivity index (χ0n) is 20.0. The van der Waals surface area contributed by atoms with E-state index in [1.165, 1.54) is 0 Å². The van der Waals surface area contributed by atoms with E-state index in [0.29, 0.717) is 22.8 Å². The van der Waals surface area contributed by atoms with Crippen LogP contribution in [0, 0.1) is 11.8 Å². The summed E-state index contributed by atoms with van der Waals surface area (Å²) >= 11 is 5.97. The minimum absolute atomic E-state index is 0.0330. The normalized spacial score (nSPS) is 23.5. The maximum Gasteiger partial charge on any atom is 0.338 e. The van der Waals surface area contributed by atoms with Gasteiger partial charge in [-0.3, -0.25) is 4.79 Å². The highest BCUT2D eigenvalue weighted by molar-refractivity contribution is 6.30. The fourth-order valence-electron chi connectivity index (χ4n) is 4.98. The first kappa shape index (κ1) is 25.1. The summed E-state index contributed by atoms with van der Waals surface area (Å²) < 4.78 is 17.0. The molecule has 37 heavy (non-hydrogen) atoms. The van der Waals surface area contributed by atoms with Gasteiger partial charge in [0, 0.05) is 23.3 Å². The minimum Gasteiger partial charge on any atom is -0.491 e. The van der Waals surface area contributed by atoms with Gasteiger partial charge in [0.25, 0.3) is 0 Å². The Kier molecular flexibility index (Phi) is 7.58. The Morgan fingerprint density at radius 1 is 1.05 bits per heavy atom. The molecule has 2 fully saturated rings. The number of aliphatic hydroxyl groups excluding tert-OH is 1. The van der Waals surface area contributed by atoms with Gasteiger partial charge in [-0.1, -0.05) is 72.3 Å². The summed E-state index contributed by atoms with van der Waals surface area (Å²) in [5.74, 6) is -0.493. The van der Waals surface area contributed by atoms with Crippen molar-refractivity contribution < 1.29 is 28.9 Å². The average molecular weight is 519 g/mol. The van der Waals surface area contributed by atoms with Crippen LogP contribution in [0.3, 0.4) is 0 Å². The standard InChI is InChI=1S/C30H27ClO6/c31-22-7-4-8-24(15-22)35-18-23(32)13-14-25-26-16-29(33)36-28(26)17-27(25)37-30(34)21-11-9-20(10-12-21)19-5-2-1-3-6-19/h1-15,23,25-28,32H,16-18H2/b14-13+. The molecule has 1 saturated carbocycles. The summed E-state index contributed by atoms with van der Waals surface area (Å²) in [6.07, 6.45) is 2.45. The van der Waals surface area contributed by atoms with Gasteiger partial charge in [-0.25, -0.2) is 4.79 Å². The summed E-state index contributed by atoms with van der Waals surface area (Å²) in [7, 11) is 0. The molecule has 5 rings (SSSR count). The number of carbonyl (C=O) groups is 2. The number of hydrogen-bond acceptors (Lipinski definition) is 6. The maximum absolute atomic E-state index is 13.0. The average Bonchev–Trinajstić information content (AvgIpc) is 3.42. The smallest absolute Gasteiger partial charge is 0.338 e. The third-order valence-electron chi connectivity index (χ3n) is 6.81. The van der Waals surface area contributed by atoms with Gasteiger partial charge in [0.05, 0.1) is 12.0 Å². The Bertz CT molecular complexity index is 1270. The summed E-state index contributed by atoms with van der Waals surface area (Å²) in [6.45, 7) is 0.0330. The van der Waals surface area contributed by atoms with E-state index >= 15 is 0 Å². The highest BCUT2D eigenvalue weighted by Gasteiger charge is 2.50. The monoisotopic (exact) mass is 518 g/mol. The number of hydrogen-bond donors (Lipinski definition) is 1. The van der Waals surface area contributed by atoms with Crippen LogP contribution >= 0.6 is 11.6 Å². The number of ether oxygens (including phenoxy) is 3. The van der Waals surface area contributed by atoms with Gasteiger partial charge >= 0.3 is 11.9 Å². The molecule has 1 N–H and O–H groups in total. The van der Waals surface area contributed by atoms with Gasteiger partial charge in [0.1, 0.15) is 30.7 Å². The van der Waals surface area contributed by atoms with Crippen molar-refractivity contribution in [2.75, 3.05) is 6.61 Å². The molecule has 5 unspecified atom stereocenters. The lowest BCUT2D eigenvalue weighted by atomic mass is 9.91. The van der Waals surface area contributed by atoms with Crippen molar-refractivity contribution in [1.29, 1.82) is 0 Å².